The number of fused-ring (bicyclic) bond motifs is 1. The Hall–Kier alpha value is -2.61. The monoisotopic (exact) mass is 472 g/mol. The van der Waals surface area contributed by atoms with Gasteiger partial charge < -0.3 is 4.74 Å². The molecular formula is C33H44O2. The molecule has 0 N–H and O–H groups in total. The summed E-state index contributed by atoms with van der Waals surface area (Å²) in [6, 6.07) is 21.4. The number of benzene rings is 3. The van der Waals surface area contributed by atoms with Crippen LogP contribution in [0, 0.1) is 5.92 Å². The molecule has 188 valence electrons. The van der Waals surface area contributed by atoms with E-state index in [0.717, 1.165) is 50.0 Å². The molecule has 2 nitrogen and oxygen atoms in total. The molecule has 0 aliphatic carbocycles. The molecular weight excluding hydrogens is 428 g/mol. The van der Waals surface area contributed by atoms with Gasteiger partial charge in [-0.2, -0.15) is 0 Å². The Kier molecular flexibility index (Phi) is 11.3. The first-order valence-corrected chi connectivity index (χ1v) is 13.9. The van der Waals surface area contributed by atoms with Crippen molar-refractivity contribution in [1.29, 1.82) is 0 Å². The lowest BCUT2D eigenvalue weighted by atomic mass is 9.93. The molecule has 0 saturated carbocycles. The second-order valence-corrected chi connectivity index (χ2v) is 10.1. The van der Waals surface area contributed by atoms with Crippen molar-refractivity contribution in [3.8, 4) is 5.75 Å². The summed E-state index contributed by atoms with van der Waals surface area (Å²) in [5.74, 6) is 1.36. The van der Waals surface area contributed by atoms with Crippen molar-refractivity contribution in [3.63, 3.8) is 0 Å². The molecule has 0 aliphatic rings. The minimum Gasteiger partial charge on any atom is -0.494 e. The van der Waals surface area contributed by atoms with Gasteiger partial charge >= 0.3 is 0 Å². The summed E-state index contributed by atoms with van der Waals surface area (Å²) in [6.07, 6.45) is 12.7. The molecule has 2 heteroatoms. The van der Waals surface area contributed by atoms with E-state index in [0.29, 0.717) is 0 Å². The molecule has 0 heterocycles. The Morgan fingerprint density at radius 1 is 0.714 bits per heavy atom. The zero-order valence-corrected chi connectivity index (χ0v) is 22.2. The standard InChI is InChI=1S/C33H44O2/c1-4-6-8-10-12-26(3)33(34)29-18-15-27(16-19-29)13-14-28-17-20-31-25-32(22-21-30(31)24-28)35-23-11-9-7-5-2/h15-22,24-26H,4-14,23H2,1-3H3/t26-/m1/s1. The summed E-state index contributed by atoms with van der Waals surface area (Å²) in [5, 5.41) is 2.49. The number of rotatable bonds is 16. The molecule has 0 fully saturated rings. The fourth-order valence-corrected chi connectivity index (χ4v) is 4.65. The molecule has 0 spiro atoms. The molecule has 0 radical (unpaired) electrons. The van der Waals surface area contributed by atoms with Gasteiger partial charge in [0.2, 0.25) is 0 Å². The molecule has 3 aromatic carbocycles. The highest BCUT2D eigenvalue weighted by atomic mass is 16.5. The van der Waals surface area contributed by atoms with Gasteiger partial charge in [-0.1, -0.05) is 114 Å². The highest BCUT2D eigenvalue weighted by molar-refractivity contribution is 5.97. The van der Waals surface area contributed by atoms with E-state index in [1.54, 1.807) is 0 Å². The van der Waals surface area contributed by atoms with Crippen LogP contribution in [0.4, 0.5) is 0 Å². The van der Waals surface area contributed by atoms with Gasteiger partial charge in [0.1, 0.15) is 5.75 Å². The SMILES string of the molecule is CCCCCCOc1ccc2cc(CCc3ccc(C(=O)[C@H](C)CCCCCC)cc3)ccc2c1. The van der Waals surface area contributed by atoms with Crippen LogP contribution >= 0.6 is 0 Å². The van der Waals surface area contributed by atoms with E-state index in [9.17, 15) is 4.79 Å². The molecule has 3 aromatic rings. The number of aryl methyl sites for hydroxylation is 2. The highest BCUT2D eigenvalue weighted by Gasteiger charge is 2.14. The highest BCUT2D eigenvalue weighted by Crippen LogP contribution is 2.23. The number of unbranched alkanes of at least 4 members (excludes halogenated alkanes) is 6. The number of hydrogen-bond donors (Lipinski definition) is 0. The molecule has 3 rings (SSSR count). The molecule has 0 aromatic heterocycles. The lowest BCUT2D eigenvalue weighted by molar-refractivity contribution is 0.0922. The van der Waals surface area contributed by atoms with Crippen LogP contribution in [0.25, 0.3) is 10.8 Å². The van der Waals surface area contributed by atoms with E-state index < -0.39 is 0 Å². The van der Waals surface area contributed by atoms with Gasteiger partial charge in [-0.3, -0.25) is 4.79 Å². The zero-order chi connectivity index (χ0) is 24.9. The van der Waals surface area contributed by atoms with Crippen LogP contribution in [0.5, 0.6) is 5.75 Å². The average molecular weight is 473 g/mol. The van der Waals surface area contributed by atoms with Gasteiger partial charge in [0, 0.05) is 11.5 Å². The van der Waals surface area contributed by atoms with Gasteiger partial charge in [-0.25, -0.2) is 0 Å². The quantitative estimate of drug-likeness (QED) is 0.153. The van der Waals surface area contributed by atoms with Crippen LogP contribution in [0.15, 0.2) is 60.7 Å². The van der Waals surface area contributed by atoms with Crippen LogP contribution in [-0.2, 0) is 12.8 Å². The Bertz CT molecular complexity index is 1030. The van der Waals surface area contributed by atoms with Crippen LogP contribution in [-0.4, -0.2) is 12.4 Å². The van der Waals surface area contributed by atoms with E-state index in [1.165, 1.54) is 60.4 Å². The summed E-state index contributed by atoms with van der Waals surface area (Å²) in [6.45, 7) is 7.32. The fourth-order valence-electron chi connectivity index (χ4n) is 4.65. The predicted octanol–water partition coefficient (Wildman–Crippen LogP) is 9.37. The van der Waals surface area contributed by atoms with Gasteiger partial charge in [-0.05, 0) is 59.7 Å². The summed E-state index contributed by atoms with van der Waals surface area (Å²) < 4.78 is 5.94. The molecule has 0 saturated heterocycles. The fraction of sp³-hybridized carbons (Fsp3) is 0.485. The lowest BCUT2D eigenvalue weighted by Gasteiger charge is -2.11. The van der Waals surface area contributed by atoms with E-state index in [2.05, 4.69) is 69.3 Å². The second kappa shape index (κ2) is 14.7. The van der Waals surface area contributed by atoms with E-state index in [-0.39, 0.29) is 11.7 Å². The predicted molar refractivity (Wildman–Crippen MR) is 150 cm³/mol. The first-order chi connectivity index (χ1) is 17.1. The second-order valence-electron chi connectivity index (χ2n) is 10.1. The number of carbonyl (C=O) groups is 1. The third-order valence-corrected chi connectivity index (χ3v) is 7.02. The Morgan fingerprint density at radius 2 is 1.34 bits per heavy atom. The molecule has 35 heavy (non-hydrogen) atoms. The number of carbonyl (C=O) groups excluding carboxylic acids is 1. The first kappa shape index (κ1) is 27.0. The number of Topliss-reactive ketones (excluding diaryl/α,β-unsaturated/α-hetero) is 1. The summed E-state index contributed by atoms with van der Waals surface area (Å²) in [5.41, 5.74) is 3.47. The Balaban J connectivity index is 1.49. The van der Waals surface area contributed by atoms with Crippen molar-refractivity contribution in [2.75, 3.05) is 6.61 Å². The van der Waals surface area contributed by atoms with E-state index in [4.69, 9.17) is 4.74 Å². The normalized spacial score (nSPS) is 12.1. The topological polar surface area (TPSA) is 26.3 Å². The number of ketones is 1. The Morgan fingerprint density at radius 3 is 2.09 bits per heavy atom. The first-order valence-electron chi connectivity index (χ1n) is 13.9. The molecule has 0 aliphatic heterocycles. The number of ether oxygens (including phenoxy) is 1. The minimum absolute atomic E-state index is 0.113. The van der Waals surface area contributed by atoms with Crippen molar-refractivity contribution >= 4 is 16.6 Å². The smallest absolute Gasteiger partial charge is 0.165 e. The molecule has 1 atom stereocenters. The van der Waals surface area contributed by atoms with Gasteiger partial charge in [0.05, 0.1) is 6.61 Å². The third-order valence-electron chi connectivity index (χ3n) is 7.02. The molecule has 0 amide bonds. The summed E-state index contributed by atoms with van der Waals surface area (Å²) in [7, 11) is 0. The van der Waals surface area contributed by atoms with Gasteiger partial charge in [-0.15, -0.1) is 0 Å². The van der Waals surface area contributed by atoms with Crippen molar-refractivity contribution in [3.05, 3.63) is 77.4 Å². The van der Waals surface area contributed by atoms with E-state index in [1.807, 2.05) is 12.1 Å². The van der Waals surface area contributed by atoms with Gasteiger partial charge in [0.15, 0.2) is 5.78 Å². The average Bonchev–Trinajstić information content (AvgIpc) is 2.89. The van der Waals surface area contributed by atoms with Crippen LogP contribution in [0.3, 0.4) is 0 Å². The summed E-state index contributed by atoms with van der Waals surface area (Å²) >= 11 is 0. The number of hydrogen-bond acceptors (Lipinski definition) is 2. The van der Waals surface area contributed by atoms with Crippen LogP contribution in [0.1, 0.15) is 100 Å². The zero-order valence-electron chi connectivity index (χ0n) is 22.2. The van der Waals surface area contributed by atoms with Gasteiger partial charge in [0.25, 0.3) is 0 Å². The van der Waals surface area contributed by atoms with Crippen molar-refractivity contribution < 1.29 is 9.53 Å². The maximum Gasteiger partial charge on any atom is 0.165 e. The third kappa shape index (κ3) is 8.84. The minimum atomic E-state index is 0.113. The summed E-state index contributed by atoms with van der Waals surface area (Å²) in [4.78, 5) is 12.7. The van der Waals surface area contributed by atoms with E-state index >= 15 is 0 Å². The Labute approximate surface area is 213 Å². The van der Waals surface area contributed by atoms with Crippen LogP contribution < -0.4 is 4.74 Å². The van der Waals surface area contributed by atoms with Crippen molar-refractivity contribution in [2.45, 2.75) is 91.4 Å². The van der Waals surface area contributed by atoms with Crippen molar-refractivity contribution in [2.24, 2.45) is 5.92 Å². The largest absolute Gasteiger partial charge is 0.494 e. The lowest BCUT2D eigenvalue weighted by Crippen LogP contribution is -2.11. The maximum atomic E-state index is 12.7. The molecule has 0 bridgehead atoms. The maximum absolute atomic E-state index is 12.7. The molecule has 0 unspecified atom stereocenters. The van der Waals surface area contributed by atoms with Crippen LogP contribution in [0.2, 0.25) is 0 Å². The van der Waals surface area contributed by atoms with Crippen molar-refractivity contribution in [1.82, 2.24) is 0 Å².